The third kappa shape index (κ3) is 2.41. The standard InChI is InChI=1S/C12H14N6S/c1-8-14-11-4-5-12(16-18(11)15-8)17(3)7-10-6-13-9(2)19-10/h4-6H,7H2,1-3H3. The van der Waals surface area contributed by atoms with E-state index in [0.717, 1.165) is 28.8 Å². The van der Waals surface area contributed by atoms with Gasteiger partial charge in [0.2, 0.25) is 0 Å². The van der Waals surface area contributed by atoms with Crippen molar-refractivity contribution in [2.45, 2.75) is 20.4 Å². The molecule has 19 heavy (non-hydrogen) atoms. The third-order valence-electron chi connectivity index (χ3n) is 2.75. The first-order valence-electron chi connectivity index (χ1n) is 5.95. The molecule has 3 heterocycles. The van der Waals surface area contributed by atoms with Gasteiger partial charge in [-0.2, -0.15) is 0 Å². The summed E-state index contributed by atoms with van der Waals surface area (Å²) in [6, 6.07) is 3.88. The molecule has 0 fully saturated rings. The zero-order valence-corrected chi connectivity index (χ0v) is 11.8. The first kappa shape index (κ1) is 12.0. The van der Waals surface area contributed by atoms with Gasteiger partial charge in [0.25, 0.3) is 0 Å². The molecule has 0 saturated heterocycles. The summed E-state index contributed by atoms with van der Waals surface area (Å²) in [7, 11) is 2.01. The number of fused-ring (bicyclic) bond motifs is 1. The molecule has 6 nitrogen and oxygen atoms in total. The van der Waals surface area contributed by atoms with Crippen molar-refractivity contribution >= 4 is 22.8 Å². The van der Waals surface area contributed by atoms with Crippen LogP contribution in [0.4, 0.5) is 5.82 Å². The highest BCUT2D eigenvalue weighted by Gasteiger charge is 2.08. The van der Waals surface area contributed by atoms with Crippen molar-refractivity contribution in [2.24, 2.45) is 0 Å². The van der Waals surface area contributed by atoms with Crippen LogP contribution in [0, 0.1) is 13.8 Å². The van der Waals surface area contributed by atoms with Crippen molar-refractivity contribution in [3.8, 4) is 0 Å². The van der Waals surface area contributed by atoms with Gasteiger partial charge in [0.15, 0.2) is 11.5 Å². The van der Waals surface area contributed by atoms with Gasteiger partial charge in [0.1, 0.15) is 5.82 Å². The lowest BCUT2D eigenvalue weighted by molar-refractivity contribution is 0.763. The summed E-state index contributed by atoms with van der Waals surface area (Å²) in [6.07, 6.45) is 1.91. The molecule has 0 bridgehead atoms. The van der Waals surface area contributed by atoms with Gasteiger partial charge in [-0.25, -0.2) is 9.97 Å². The van der Waals surface area contributed by atoms with Gasteiger partial charge in [0, 0.05) is 18.1 Å². The largest absolute Gasteiger partial charge is 0.353 e. The van der Waals surface area contributed by atoms with E-state index in [1.54, 1.807) is 16.0 Å². The minimum absolute atomic E-state index is 0.727. The number of rotatable bonds is 3. The first-order valence-corrected chi connectivity index (χ1v) is 6.76. The van der Waals surface area contributed by atoms with E-state index >= 15 is 0 Å². The van der Waals surface area contributed by atoms with Crippen LogP contribution in [0.5, 0.6) is 0 Å². The second kappa shape index (κ2) is 4.58. The van der Waals surface area contributed by atoms with Crippen LogP contribution >= 0.6 is 11.3 Å². The number of aryl methyl sites for hydroxylation is 2. The molecular weight excluding hydrogens is 260 g/mol. The second-order valence-corrected chi connectivity index (χ2v) is 5.72. The quantitative estimate of drug-likeness (QED) is 0.729. The fraction of sp³-hybridized carbons (Fsp3) is 0.333. The van der Waals surface area contributed by atoms with E-state index in [1.807, 2.05) is 39.2 Å². The average Bonchev–Trinajstić information content (AvgIpc) is 2.93. The van der Waals surface area contributed by atoms with Gasteiger partial charge < -0.3 is 4.90 Å². The number of anilines is 1. The summed E-state index contributed by atoms with van der Waals surface area (Å²) in [6.45, 7) is 4.66. The Morgan fingerprint density at radius 1 is 1.26 bits per heavy atom. The molecule has 0 amide bonds. The van der Waals surface area contributed by atoms with Crippen LogP contribution in [0.3, 0.4) is 0 Å². The van der Waals surface area contributed by atoms with Gasteiger partial charge in [-0.3, -0.25) is 0 Å². The molecule has 0 atom stereocenters. The summed E-state index contributed by atoms with van der Waals surface area (Å²) >= 11 is 1.70. The molecule has 0 N–H and O–H groups in total. The maximum Gasteiger partial charge on any atom is 0.176 e. The summed E-state index contributed by atoms with van der Waals surface area (Å²) in [4.78, 5) is 11.8. The number of nitrogens with zero attached hydrogens (tertiary/aromatic N) is 6. The Bertz CT molecular complexity index is 716. The topological polar surface area (TPSA) is 59.2 Å². The van der Waals surface area contributed by atoms with Crippen molar-refractivity contribution < 1.29 is 0 Å². The number of thiazole rings is 1. The van der Waals surface area contributed by atoms with Crippen LogP contribution in [-0.4, -0.2) is 31.8 Å². The molecule has 98 valence electrons. The molecule has 0 spiro atoms. The summed E-state index contributed by atoms with van der Waals surface area (Å²) in [5, 5.41) is 9.76. The molecule has 0 radical (unpaired) electrons. The molecule has 0 aromatic carbocycles. The molecule has 0 aliphatic heterocycles. The first-order chi connectivity index (χ1) is 9.11. The minimum Gasteiger partial charge on any atom is -0.353 e. The third-order valence-corrected chi connectivity index (χ3v) is 3.65. The van der Waals surface area contributed by atoms with E-state index in [1.165, 1.54) is 4.88 Å². The van der Waals surface area contributed by atoms with Crippen LogP contribution in [-0.2, 0) is 6.54 Å². The van der Waals surface area contributed by atoms with Gasteiger partial charge in [-0.1, -0.05) is 0 Å². The monoisotopic (exact) mass is 274 g/mol. The Balaban J connectivity index is 1.86. The van der Waals surface area contributed by atoms with Gasteiger partial charge in [0.05, 0.1) is 11.6 Å². The van der Waals surface area contributed by atoms with Crippen LogP contribution in [0.1, 0.15) is 15.7 Å². The molecule has 3 rings (SSSR count). The Hall–Kier alpha value is -2.02. The number of hydrogen-bond acceptors (Lipinski definition) is 6. The molecule has 0 saturated carbocycles. The number of aromatic nitrogens is 5. The fourth-order valence-electron chi connectivity index (χ4n) is 1.87. The van der Waals surface area contributed by atoms with Crippen LogP contribution < -0.4 is 4.90 Å². The van der Waals surface area contributed by atoms with Crippen LogP contribution in [0.25, 0.3) is 5.65 Å². The van der Waals surface area contributed by atoms with Gasteiger partial charge in [-0.05, 0) is 26.0 Å². The van der Waals surface area contributed by atoms with Crippen molar-refractivity contribution in [1.82, 2.24) is 24.8 Å². The summed E-state index contributed by atoms with van der Waals surface area (Å²) in [5.41, 5.74) is 0.767. The molecule has 0 aliphatic rings. The molecule has 3 aromatic rings. The maximum atomic E-state index is 4.45. The van der Waals surface area contributed by atoms with E-state index in [9.17, 15) is 0 Å². The molecular formula is C12H14N6S. The van der Waals surface area contributed by atoms with E-state index in [2.05, 4.69) is 25.1 Å². The van der Waals surface area contributed by atoms with E-state index in [0.29, 0.717) is 0 Å². The second-order valence-electron chi connectivity index (χ2n) is 4.40. The lowest BCUT2D eigenvalue weighted by atomic mass is 10.4. The molecule has 3 aromatic heterocycles. The Morgan fingerprint density at radius 3 is 2.84 bits per heavy atom. The average molecular weight is 274 g/mol. The Labute approximate surface area is 114 Å². The fourth-order valence-corrected chi connectivity index (χ4v) is 2.72. The SMILES string of the molecule is Cc1nc2ccc(N(C)Cc3cnc(C)s3)nn2n1. The van der Waals surface area contributed by atoms with Crippen molar-refractivity contribution in [3.63, 3.8) is 0 Å². The normalized spacial score (nSPS) is 11.1. The summed E-state index contributed by atoms with van der Waals surface area (Å²) < 4.78 is 1.57. The highest BCUT2D eigenvalue weighted by atomic mass is 32.1. The van der Waals surface area contributed by atoms with Crippen molar-refractivity contribution in [1.29, 1.82) is 0 Å². The predicted octanol–water partition coefficient (Wildman–Crippen LogP) is 1.83. The van der Waals surface area contributed by atoms with Crippen LogP contribution in [0.2, 0.25) is 0 Å². The lowest BCUT2D eigenvalue weighted by Gasteiger charge is -2.16. The van der Waals surface area contributed by atoms with Gasteiger partial charge >= 0.3 is 0 Å². The zero-order valence-electron chi connectivity index (χ0n) is 11.0. The molecule has 0 aliphatic carbocycles. The molecule has 0 unspecified atom stereocenters. The van der Waals surface area contributed by atoms with Crippen molar-refractivity contribution in [2.75, 3.05) is 11.9 Å². The molecule has 7 heteroatoms. The van der Waals surface area contributed by atoms with Crippen molar-refractivity contribution in [3.05, 3.63) is 34.0 Å². The van der Waals surface area contributed by atoms with E-state index in [-0.39, 0.29) is 0 Å². The Kier molecular flexibility index (Phi) is 2.90. The summed E-state index contributed by atoms with van der Waals surface area (Å²) in [5.74, 6) is 1.59. The minimum atomic E-state index is 0.727. The highest BCUT2D eigenvalue weighted by Crippen LogP contribution is 2.17. The predicted molar refractivity (Wildman–Crippen MR) is 74.5 cm³/mol. The Morgan fingerprint density at radius 2 is 2.11 bits per heavy atom. The smallest absolute Gasteiger partial charge is 0.176 e. The van der Waals surface area contributed by atoms with Crippen LogP contribution in [0.15, 0.2) is 18.3 Å². The number of hydrogen-bond donors (Lipinski definition) is 0. The van der Waals surface area contributed by atoms with E-state index in [4.69, 9.17) is 0 Å². The lowest BCUT2D eigenvalue weighted by Crippen LogP contribution is -2.18. The van der Waals surface area contributed by atoms with Gasteiger partial charge in [-0.15, -0.1) is 26.2 Å². The highest BCUT2D eigenvalue weighted by molar-refractivity contribution is 7.11. The zero-order chi connectivity index (χ0) is 13.4. The maximum absolute atomic E-state index is 4.45. The van der Waals surface area contributed by atoms with E-state index < -0.39 is 0 Å².